The van der Waals surface area contributed by atoms with Gasteiger partial charge in [-0.3, -0.25) is 0 Å². The highest BCUT2D eigenvalue weighted by molar-refractivity contribution is 5.77. The molecule has 3 heteroatoms. The molecular formula is C18H25N3. The number of aromatic nitrogens is 2. The van der Waals surface area contributed by atoms with E-state index in [0.29, 0.717) is 12.1 Å². The summed E-state index contributed by atoms with van der Waals surface area (Å²) in [4.78, 5) is 5.04. The van der Waals surface area contributed by atoms with E-state index < -0.39 is 0 Å². The molecule has 2 heterocycles. The van der Waals surface area contributed by atoms with Crippen molar-refractivity contribution in [2.24, 2.45) is 11.8 Å². The third-order valence-corrected chi connectivity index (χ3v) is 5.41. The van der Waals surface area contributed by atoms with Gasteiger partial charge in [0.25, 0.3) is 0 Å². The van der Waals surface area contributed by atoms with Gasteiger partial charge in [0.1, 0.15) is 5.82 Å². The molecule has 1 saturated carbocycles. The van der Waals surface area contributed by atoms with Crippen molar-refractivity contribution in [3.05, 3.63) is 29.6 Å². The molecule has 112 valence electrons. The first kappa shape index (κ1) is 13.3. The van der Waals surface area contributed by atoms with Crippen molar-refractivity contribution in [3.8, 4) is 0 Å². The SMILES string of the molecule is Cc1ccc2c(c1)nc(C1NCC3CCCC31)n2C(C)C. The number of fused-ring (bicyclic) bond motifs is 2. The smallest absolute Gasteiger partial charge is 0.127 e. The second kappa shape index (κ2) is 4.84. The van der Waals surface area contributed by atoms with Crippen molar-refractivity contribution in [3.63, 3.8) is 0 Å². The summed E-state index contributed by atoms with van der Waals surface area (Å²) < 4.78 is 2.45. The summed E-state index contributed by atoms with van der Waals surface area (Å²) in [6.45, 7) is 7.86. The van der Waals surface area contributed by atoms with Crippen LogP contribution in [0.3, 0.4) is 0 Å². The molecule has 3 nitrogen and oxygen atoms in total. The van der Waals surface area contributed by atoms with Gasteiger partial charge in [-0.05, 0) is 69.7 Å². The lowest BCUT2D eigenvalue weighted by atomic mass is 9.93. The van der Waals surface area contributed by atoms with Crippen LogP contribution in [0.4, 0.5) is 0 Å². The summed E-state index contributed by atoms with van der Waals surface area (Å²) in [5, 5.41) is 3.76. The Labute approximate surface area is 126 Å². The predicted molar refractivity (Wildman–Crippen MR) is 86.4 cm³/mol. The summed E-state index contributed by atoms with van der Waals surface area (Å²) in [5.41, 5.74) is 3.73. The Hall–Kier alpha value is -1.35. The molecule has 1 aliphatic heterocycles. The minimum absolute atomic E-state index is 0.451. The maximum absolute atomic E-state index is 5.04. The molecule has 2 fully saturated rings. The van der Waals surface area contributed by atoms with Crippen molar-refractivity contribution in [2.45, 2.75) is 52.1 Å². The number of aryl methyl sites for hydroxylation is 1. The van der Waals surface area contributed by atoms with Crippen LogP contribution >= 0.6 is 0 Å². The Morgan fingerprint density at radius 2 is 2.14 bits per heavy atom. The monoisotopic (exact) mass is 283 g/mol. The standard InChI is InChI=1S/C18H25N3/c1-11(2)21-16-8-7-12(3)9-15(16)20-18(21)17-14-6-4-5-13(14)10-19-17/h7-9,11,13-14,17,19H,4-6,10H2,1-3H3. The summed E-state index contributed by atoms with van der Waals surface area (Å²) in [5.74, 6) is 2.93. The van der Waals surface area contributed by atoms with Crippen LogP contribution in [0.2, 0.25) is 0 Å². The first-order valence-corrected chi connectivity index (χ1v) is 8.37. The lowest BCUT2D eigenvalue weighted by molar-refractivity contribution is 0.391. The Bertz CT molecular complexity index is 670. The van der Waals surface area contributed by atoms with Crippen molar-refractivity contribution >= 4 is 11.0 Å². The largest absolute Gasteiger partial charge is 0.324 e. The first-order chi connectivity index (χ1) is 10.1. The zero-order valence-electron chi connectivity index (χ0n) is 13.3. The molecule has 2 aromatic rings. The van der Waals surface area contributed by atoms with Gasteiger partial charge in [-0.25, -0.2) is 4.98 Å². The fourth-order valence-corrected chi connectivity index (χ4v) is 4.46. The Kier molecular flexibility index (Phi) is 3.07. The Morgan fingerprint density at radius 1 is 1.29 bits per heavy atom. The molecule has 0 amide bonds. The van der Waals surface area contributed by atoms with Gasteiger partial charge in [0.2, 0.25) is 0 Å². The van der Waals surface area contributed by atoms with Crippen molar-refractivity contribution in [1.29, 1.82) is 0 Å². The molecule has 1 aliphatic carbocycles. The normalized spacial score (nSPS) is 28.7. The molecule has 3 atom stereocenters. The maximum Gasteiger partial charge on any atom is 0.127 e. The van der Waals surface area contributed by atoms with E-state index in [0.717, 1.165) is 17.4 Å². The molecule has 0 bridgehead atoms. The summed E-state index contributed by atoms with van der Waals surface area (Å²) >= 11 is 0. The van der Waals surface area contributed by atoms with Crippen LogP contribution in [-0.2, 0) is 0 Å². The molecule has 0 spiro atoms. The lowest BCUT2D eigenvalue weighted by Gasteiger charge is -2.21. The highest BCUT2D eigenvalue weighted by atomic mass is 15.2. The van der Waals surface area contributed by atoms with Gasteiger partial charge >= 0.3 is 0 Å². The average molecular weight is 283 g/mol. The van der Waals surface area contributed by atoms with Gasteiger partial charge in [-0.2, -0.15) is 0 Å². The van der Waals surface area contributed by atoms with E-state index in [1.165, 1.54) is 42.7 Å². The minimum Gasteiger partial charge on any atom is -0.324 e. The number of hydrogen-bond acceptors (Lipinski definition) is 2. The Balaban J connectivity index is 1.85. The van der Waals surface area contributed by atoms with Crippen molar-refractivity contribution < 1.29 is 0 Å². The molecule has 21 heavy (non-hydrogen) atoms. The van der Waals surface area contributed by atoms with Gasteiger partial charge in [0.05, 0.1) is 17.1 Å². The van der Waals surface area contributed by atoms with E-state index >= 15 is 0 Å². The van der Waals surface area contributed by atoms with Gasteiger partial charge in [0.15, 0.2) is 0 Å². The van der Waals surface area contributed by atoms with Crippen LogP contribution < -0.4 is 5.32 Å². The molecule has 0 radical (unpaired) electrons. The zero-order valence-corrected chi connectivity index (χ0v) is 13.3. The third-order valence-electron chi connectivity index (χ3n) is 5.41. The molecule has 2 aliphatic rings. The lowest BCUT2D eigenvalue weighted by Crippen LogP contribution is -2.23. The summed E-state index contributed by atoms with van der Waals surface area (Å²) in [6, 6.07) is 7.57. The second-order valence-electron chi connectivity index (χ2n) is 7.17. The van der Waals surface area contributed by atoms with Gasteiger partial charge < -0.3 is 9.88 Å². The molecule has 1 N–H and O–H groups in total. The van der Waals surface area contributed by atoms with Gasteiger partial charge in [0, 0.05) is 6.04 Å². The number of benzene rings is 1. The van der Waals surface area contributed by atoms with Crippen LogP contribution in [0, 0.1) is 18.8 Å². The number of nitrogens with zero attached hydrogens (tertiary/aromatic N) is 2. The quantitative estimate of drug-likeness (QED) is 0.903. The first-order valence-electron chi connectivity index (χ1n) is 8.37. The number of imidazole rings is 1. The van der Waals surface area contributed by atoms with Crippen LogP contribution in [0.25, 0.3) is 11.0 Å². The predicted octanol–water partition coefficient (Wildman–Crippen LogP) is 3.99. The number of nitrogens with one attached hydrogen (secondary N) is 1. The summed E-state index contributed by atoms with van der Waals surface area (Å²) in [6.07, 6.45) is 4.16. The van der Waals surface area contributed by atoms with Crippen LogP contribution in [0.15, 0.2) is 18.2 Å². The molecular weight excluding hydrogens is 258 g/mol. The van der Waals surface area contributed by atoms with Gasteiger partial charge in [-0.15, -0.1) is 0 Å². The summed E-state index contributed by atoms with van der Waals surface area (Å²) in [7, 11) is 0. The minimum atomic E-state index is 0.451. The van der Waals surface area contributed by atoms with E-state index in [1.807, 2.05) is 0 Å². The highest BCUT2D eigenvalue weighted by Gasteiger charge is 2.41. The molecule has 1 aromatic heterocycles. The van der Waals surface area contributed by atoms with Crippen molar-refractivity contribution in [1.82, 2.24) is 14.9 Å². The Morgan fingerprint density at radius 3 is 2.95 bits per heavy atom. The molecule has 1 aromatic carbocycles. The fraction of sp³-hybridized carbons (Fsp3) is 0.611. The molecule has 3 unspecified atom stereocenters. The van der Waals surface area contributed by atoms with E-state index in [2.05, 4.69) is 48.9 Å². The van der Waals surface area contributed by atoms with Gasteiger partial charge in [-0.1, -0.05) is 12.5 Å². The second-order valence-corrected chi connectivity index (χ2v) is 7.17. The maximum atomic E-state index is 5.04. The fourth-order valence-electron chi connectivity index (χ4n) is 4.46. The number of hydrogen-bond donors (Lipinski definition) is 1. The van der Waals surface area contributed by atoms with Crippen LogP contribution in [-0.4, -0.2) is 16.1 Å². The average Bonchev–Trinajstić information content (AvgIpc) is 3.09. The van der Waals surface area contributed by atoms with E-state index in [-0.39, 0.29) is 0 Å². The van der Waals surface area contributed by atoms with E-state index in [9.17, 15) is 0 Å². The third kappa shape index (κ3) is 2.02. The molecule has 4 rings (SSSR count). The zero-order chi connectivity index (χ0) is 14.6. The highest BCUT2D eigenvalue weighted by Crippen LogP contribution is 2.45. The van der Waals surface area contributed by atoms with Crippen molar-refractivity contribution in [2.75, 3.05) is 6.54 Å². The van der Waals surface area contributed by atoms with Crippen LogP contribution in [0.1, 0.15) is 56.6 Å². The molecule has 1 saturated heterocycles. The number of rotatable bonds is 2. The topological polar surface area (TPSA) is 29.9 Å². The van der Waals surface area contributed by atoms with E-state index in [1.54, 1.807) is 0 Å². The van der Waals surface area contributed by atoms with Crippen LogP contribution in [0.5, 0.6) is 0 Å². The van der Waals surface area contributed by atoms with E-state index in [4.69, 9.17) is 4.98 Å².